The van der Waals surface area contributed by atoms with E-state index in [9.17, 15) is 5.11 Å². The summed E-state index contributed by atoms with van der Waals surface area (Å²) >= 11 is 1.51. The fourth-order valence-electron chi connectivity index (χ4n) is 2.90. The van der Waals surface area contributed by atoms with Crippen LogP contribution in [0.25, 0.3) is 11.3 Å². The van der Waals surface area contributed by atoms with Crippen LogP contribution in [0.1, 0.15) is 24.5 Å². The second kappa shape index (κ2) is 8.22. The number of benzene rings is 1. The lowest BCUT2D eigenvalue weighted by Gasteiger charge is -2.17. The summed E-state index contributed by atoms with van der Waals surface area (Å²) in [7, 11) is 0. The number of nitrogens with one attached hydrogen (secondary N) is 1. The Morgan fingerprint density at radius 1 is 1.00 bits per heavy atom. The number of hydrogen-bond donors (Lipinski definition) is 2. The van der Waals surface area contributed by atoms with E-state index in [4.69, 9.17) is 4.74 Å². The third kappa shape index (κ3) is 4.64. The molecule has 6 nitrogen and oxygen atoms in total. The molecule has 0 bridgehead atoms. The van der Waals surface area contributed by atoms with E-state index in [0.717, 1.165) is 27.0 Å². The summed E-state index contributed by atoms with van der Waals surface area (Å²) in [6, 6.07) is 17.2. The summed E-state index contributed by atoms with van der Waals surface area (Å²) in [4.78, 5) is 13.2. The summed E-state index contributed by atoms with van der Waals surface area (Å²) in [5.41, 5.74) is 2.18. The number of ether oxygens (including phenoxy) is 1. The second-order valence-electron chi connectivity index (χ2n) is 7.33. The molecule has 0 unspecified atom stereocenters. The number of anilines is 2. The molecule has 4 aromatic rings. The van der Waals surface area contributed by atoms with Crippen LogP contribution in [0.2, 0.25) is 0 Å². The number of hydrogen-bond acceptors (Lipinski definition) is 7. The molecule has 3 heterocycles. The lowest BCUT2D eigenvalue weighted by molar-refractivity contribution is 0.0739. The third-order valence-electron chi connectivity index (χ3n) is 4.35. The maximum Gasteiger partial charge on any atom is 0.208 e. The molecule has 3 aromatic heterocycles. The van der Waals surface area contributed by atoms with Crippen molar-refractivity contribution in [1.29, 1.82) is 0 Å². The van der Waals surface area contributed by atoms with Crippen molar-refractivity contribution in [2.45, 2.75) is 26.4 Å². The Bertz CT molecular complexity index is 1150. The molecule has 0 saturated carbocycles. The van der Waals surface area contributed by atoms with Gasteiger partial charge < -0.3 is 15.2 Å². The highest BCUT2D eigenvalue weighted by Crippen LogP contribution is 2.38. The lowest BCUT2D eigenvalue weighted by atomic mass is 10.0. The molecule has 152 valence electrons. The van der Waals surface area contributed by atoms with E-state index < -0.39 is 5.60 Å². The highest BCUT2D eigenvalue weighted by molar-refractivity contribution is 7.13. The Kier molecular flexibility index (Phi) is 5.48. The number of nitrogens with zero attached hydrogens (tertiary/aromatic N) is 3. The van der Waals surface area contributed by atoms with Crippen molar-refractivity contribution in [2.75, 3.05) is 5.32 Å². The van der Waals surface area contributed by atoms with E-state index >= 15 is 0 Å². The van der Waals surface area contributed by atoms with Crippen LogP contribution in [0, 0.1) is 6.92 Å². The largest absolute Gasteiger partial charge is 0.444 e. The zero-order chi connectivity index (χ0) is 21.1. The first-order valence-electron chi connectivity index (χ1n) is 9.51. The van der Waals surface area contributed by atoms with Gasteiger partial charge >= 0.3 is 0 Å². The first kappa shape index (κ1) is 20.0. The predicted molar refractivity (Wildman–Crippen MR) is 119 cm³/mol. The van der Waals surface area contributed by atoms with Gasteiger partial charge in [-0.25, -0.2) is 9.97 Å². The molecule has 4 rings (SSSR count). The normalized spacial score (nSPS) is 11.3. The molecule has 0 aliphatic carbocycles. The zero-order valence-corrected chi connectivity index (χ0v) is 17.8. The minimum absolute atomic E-state index is 0.576. The standard InChI is InChI=1S/C23H22N4O2S/c1-15-26-21(16-7-5-4-6-8-16)22(30-15)29-18-10-12-25-20(14-18)27-17-9-11-24-19(13-17)23(2,3)28/h4-14,28H,1-3H3,(H,24,25,27). The molecule has 0 aliphatic heterocycles. The number of aromatic nitrogens is 3. The number of thiazole rings is 1. The summed E-state index contributed by atoms with van der Waals surface area (Å²) in [5.74, 6) is 1.29. The quantitative estimate of drug-likeness (QED) is 0.420. The van der Waals surface area contributed by atoms with Crippen LogP contribution in [0.5, 0.6) is 10.8 Å². The molecular weight excluding hydrogens is 396 g/mol. The van der Waals surface area contributed by atoms with E-state index in [1.54, 1.807) is 32.3 Å². The summed E-state index contributed by atoms with van der Waals surface area (Å²) in [6.07, 6.45) is 3.34. The molecule has 1 aromatic carbocycles. The van der Waals surface area contributed by atoms with Gasteiger partial charge in [-0.1, -0.05) is 41.7 Å². The molecule has 2 N–H and O–H groups in total. The van der Waals surface area contributed by atoms with Gasteiger partial charge in [0, 0.05) is 29.7 Å². The van der Waals surface area contributed by atoms with E-state index in [2.05, 4.69) is 20.3 Å². The Balaban J connectivity index is 1.57. The molecule has 0 aliphatic rings. The molecule has 0 atom stereocenters. The summed E-state index contributed by atoms with van der Waals surface area (Å²) in [6.45, 7) is 5.37. The van der Waals surface area contributed by atoms with E-state index in [0.29, 0.717) is 17.3 Å². The molecule has 0 fully saturated rings. The van der Waals surface area contributed by atoms with Crippen molar-refractivity contribution in [2.24, 2.45) is 0 Å². The molecule has 30 heavy (non-hydrogen) atoms. The molecular formula is C23H22N4O2S. The van der Waals surface area contributed by atoms with Gasteiger partial charge in [-0.3, -0.25) is 4.98 Å². The number of pyridine rings is 2. The predicted octanol–water partition coefficient (Wildman–Crippen LogP) is 5.67. The van der Waals surface area contributed by atoms with Crippen molar-refractivity contribution in [1.82, 2.24) is 15.0 Å². The fourth-order valence-corrected chi connectivity index (χ4v) is 3.70. The van der Waals surface area contributed by atoms with Crippen LogP contribution in [-0.4, -0.2) is 20.1 Å². The molecule has 0 amide bonds. The van der Waals surface area contributed by atoms with Crippen LogP contribution in [-0.2, 0) is 5.60 Å². The van der Waals surface area contributed by atoms with E-state index in [1.807, 2.05) is 55.5 Å². The number of rotatable bonds is 6. The molecule has 0 radical (unpaired) electrons. The Hall–Kier alpha value is -3.29. The van der Waals surface area contributed by atoms with Gasteiger partial charge in [-0.05, 0) is 39.0 Å². The molecule has 0 spiro atoms. The SMILES string of the molecule is Cc1nc(-c2ccccc2)c(Oc2ccnc(Nc3ccnc(C(C)(C)O)c3)c2)s1. The Labute approximate surface area is 179 Å². The van der Waals surface area contributed by atoms with Gasteiger partial charge in [-0.2, -0.15) is 0 Å². The maximum atomic E-state index is 10.2. The van der Waals surface area contributed by atoms with Crippen LogP contribution in [0.15, 0.2) is 67.0 Å². The highest BCUT2D eigenvalue weighted by Gasteiger charge is 2.18. The van der Waals surface area contributed by atoms with Gasteiger partial charge in [0.25, 0.3) is 0 Å². The highest BCUT2D eigenvalue weighted by atomic mass is 32.1. The molecule has 7 heteroatoms. The first-order chi connectivity index (χ1) is 14.4. The lowest BCUT2D eigenvalue weighted by Crippen LogP contribution is -2.17. The van der Waals surface area contributed by atoms with Crippen molar-refractivity contribution >= 4 is 22.8 Å². The van der Waals surface area contributed by atoms with Crippen LogP contribution in [0.3, 0.4) is 0 Å². The smallest absolute Gasteiger partial charge is 0.208 e. The fraction of sp³-hybridized carbons (Fsp3) is 0.174. The summed E-state index contributed by atoms with van der Waals surface area (Å²) in [5, 5.41) is 15.1. The topological polar surface area (TPSA) is 80.2 Å². The number of aryl methyl sites for hydroxylation is 1. The minimum Gasteiger partial charge on any atom is -0.444 e. The minimum atomic E-state index is -1.02. The monoisotopic (exact) mass is 418 g/mol. The van der Waals surface area contributed by atoms with Crippen LogP contribution >= 0.6 is 11.3 Å². The van der Waals surface area contributed by atoms with E-state index in [1.165, 1.54) is 11.3 Å². The average Bonchev–Trinajstić information content (AvgIpc) is 3.08. The van der Waals surface area contributed by atoms with Crippen molar-refractivity contribution in [3.63, 3.8) is 0 Å². The first-order valence-corrected chi connectivity index (χ1v) is 10.3. The van der Waals surface area contributed by atoms with Gasteiger partial charge in [-0.15, -0.1) is 0 Å². The van der Waals surface area contributed by atoms with Crippen molar-refractivity contribution in [3.8, 4) is 22.1 Å². The average molecular weight is 419 g/mol. The Morgan fingerprint density at radius 2 is 1.77 bits per heavy atom. The Morgan fingerprint density at radius 3 is 2.53 bits per heavy atom. The number of aliphatic hydroxyl groups is 1. The molecule has 0 saturated heterocycles. The third-order valence-corrected chi connectivity index (χ3v) is 5.20. The second-order valence-corrected chi connectivity index (χ2v) is 8.49. The van der Waals surface area contributed by atoms with Crippen LogP contribution in [0.4, 0.5) is 11.5 Å². The summed E-state index contributed by atoms with van der Waals surface area (Å²) < 4.78 is 6.16. The van der Waals surface area contributed by atoms with Crippen molar-refractivity contribution < 1.29 is 9.84 Å². The maximum absolute atomic E-state index is 10.2. The van der Waals surface area contributed by atoms with Crippen molar-refractivity contribution in [3.05, 3.63) is 77.7 Å². The van der Waals surface area contributed by atoms with Gasteiger partial charge in [0.1, 0.15) is 22.9 Å². The van der Waals surface area contributed by atoms with Gasteiger partial charge in [0.2, 0.25) is 5.06 Å². The van der Waals surface area contributed by atoms with Gasteiger partial charge in [0.15, 0.2) is 0 Å². The van der Waals surface area contributed by atoms with Gasteiger partial charge in [0.05, 0.1) is 10.7 Å². The zero-order valence-electron chi connectivity index (χ0n) is 17.0. The van der Waals surface area contributed by atoms with Crippen LogP contribution < -0.4 is 10.1 Å². The van der Waals surface area contributed by atoms with E-state index in [-0.39, 0.29) is 0 Å².